The molecule has 0 saturated heterocycles. The van der Waals surface area contributed by atoms with Crippen LogP contribution in [0.25, 0.3) is 34.0 Å². The Morgan fingerprint density at radius 1 is 1.10 bits per heavy atom. The molecule has 1 N–H and O–H groups in total. The van der Waals surface area contributed by atoms with Gasteiger partial charge in [-0.05, 0) is 68.0 Å². The van der Waals surface area contributed by atoms with E-state index in [1.54, 1.807) is 12.0 Å². The Morgan fingerprint density at radius 2 is 1.87 bits per heavy atom. The zero-order valence-electron chi connectivity index (χ0n) is 22.9. The third-order valence-corrected chi connectivity index (χ3v) is 6.73. The third kappa shape index (κ3) is 5.17. The van der Waals surface area contributed by atoms with Crippen LogP contribution in [-0.2, 0) is 29.0 Å². The van der Waals surface area contributed by atoms with Gasteiger partial charge in [-0.15, -0.1) is 0 Å². The van der Waals surface area contributed by atoms with Crippen molar-refractivity contribution < 1.29 is 23.9 Å². The van der Waals surface area contributed by atoms with Crippen LogP contribution in [0.2, 0.25) is 0 Å². The molecule has 1 aliphatic rings. The van der Waals surface area contributed by atoms with E-state index in [1.165, 1.54) is 0 Å². The van der Waals surface area contributed by atoms with Gasteiger partial charge < -0.3 is 19.1 Å². The Kier molecular flexibility index (Phi) is 7.25. The second-order valence-corrected chi connectivity index (χ2v) is 10.6. The van der Waals surface area contributed by atoms with Crippen LogP contribution in [0.5, 0.6) is 0 Å². The molecule has 0 atom stereocenters. The molecule has 0 fully saturated rings. The van der Waals surface area contributed by atoms with Crippen molar-refractivity contribution in [2.24, 2.45) is 0 Å². The summed E-state index contributed by atoms with van der Waals surface area (Å²) in [4.78, 5) is 20.4. The normalized spacial score (nSPS) is 12.7. The quantitative estimate of drug-likeness (QED) is 0.324. The molecular formula is C31H33N3O5. The van der Waals surface area contributed by atoms with Crippen molar-refractivity contribution in [3.63, 3.8) is 0 Å². The van der Waals surface area contributed by atoms with Gasteiger partial charge in [-0.25, -0.2) is 4.79 Å². The van der Waals surface area contributed by atoms with Gasteiger partial charge in [-0.1, -0.05) is 53.7 Å². The molecule has 1 amide bonds. The number of amides is 1. The number of carbonyl (C=O) groups is 1. The summed E-state index contributed by atoms with van der Waals surface area (Å²) in [5.41, 5.74) is 6.65. The van der Waals surface area contributed by atoms with Gasteiger partial charge in [-0.2, -0.15) is 4.98 Å². The number of methoxy groups -OCH3 is 1. The van der Waals surface area contributed by atoms with Gasteiger partial charge in [0.2, 0.25) is 5.82 Å². The highest BCUT2D eigenvalue weighted by Gasteiger charge is 2.32. The third-order valence-electron chi connectivity index (χ3n) is 6.73. The summed E-state index contributed by atoms with van der Waals surface area (Å²) >= 11 is 0. The number of hydrogen-bond donors (Lipinski definition) is 1. The van der Waals surface area contributed by atoms with Gasteiger partial charge in [0.05, 0.1) is 24.4 Å². The Balaban J connectivity index is 1.87. The van der Waals surface area contributed by atoms with Crippen LogP contribution >= 0.6 is 0 Å². The number of benzene rings is 3. The number of hydrogen-bond acceptors (Lipinski definition) is 7. The van der Waals surface area contributed by atoms with Crippen molar-refractivity contribution in [3.8, 4) is 34.0 Å². The molecule has 0 aliphatic carbocycles. The summed E-state index contributed by atoms with van der Waals surface area (Å²) in [5, 5.41) is 14.3. The molecule has 8 nitrogen and oxygen atoms in total. The molecular weight excluding hydrogens is 494 g/mol. The maximum atomic E-state index is 13.9. The number of ether oxygens (including phenoxy) is 2. The van der Waals surface area contributed by atoms with E-state index in [-0.39, 0.29) is 19.8 Å². The van der Waals surface area contributed by atoms with E-state index in [1.807, 2.05) is 82.3 Å². The van der Waals surface area contributed by atoms with Gasteiger partial charge >= 0.3 is 6.09 Å². The van der Waals surface area contributed by atoms with Crippen molar-refractivity contribution in [2.75, 3.05) is 18.6 Å². The van der Waals surface area contributed by atoms with Crippen molar-refractivity contribution in [3.05, 3.63) is 76.9 Å². The van der Waals surface area contributed by atoms with Crippen LogP contribution in [0, 0.1) is 6.92 Å². The lowest BCUT2D eigenvalue weighted by Gasteiger charge is -2.32. The Hall–Kier alpha value is -4.01. The monoisotopic (exact) mass is 527 g/mol. The van der Waals surface area contributed by atoms with Gasteiger partial charge in [-0.3, -0.25) is 4.90 Å². The lowest BCUT2D eigenvalue weighted by Crippen LogP contribution is -2.38. The molecule has 5 rings (SSSR count). The zero-order valence-corrected chi connectivity index (χ0v) is 22.9. The molecule has 2 heterocycles. The molecule has 1 aromatic heterocycles. The summed E-state index contributed by atoms with van der Waals surface area (Å²) < 4.78 is 17.4. The summed E-state index contributed by atoms with van der Waals surface area (Å²) in [6.07, 6.45) is -0.111. The number of rotatable bonds is 5. The summed E-state index contributed by atoms with van der Waals surface area (Å²) in [7, 11) is 1.63. The van der Waals surface area contributed by atoms with Gasteiger partial charge in [0.25, 0.3) is 5.89 Å². The molecule has 4 aromatic rings. The molecule has 202 valence electrons. The first-order valence-corrected chi connectivity index (χ1v) is 13.0. The van der Waals surface area contributed by atoms with Crippen LogP contribution in [0.3, 0.4) is 0 Å². The standard InChI is InChI=1S/C31H33N3O5/c1-19-26-25(20-10-7-6-8-11-20)16-22(18-37-5)27(19)34(30(36)38-31(2,3)4)17-21-12-9-13-24(23(21)14-15-35)28-32-29(26)39-33-28/h6-13,16,35H,14-15,17-18H2,1-5H3. The molecule has 8 heteroatoms. The molecule has 0 unspecified atom stereocenters. The molecule has 0 radical (unpaired) electrons. The number of nitrogens with zero attached hydrogens (tertiary/aromatic N) is 3. The molecule has 3 aromatic carbocycles. The SMILES string of the molecule is COCc1cc(-c2ccccc2)c2c(C)c1N(C(=O)OC(C)(C)C)Cc1cccc(c1CCO)-c1noc-2n1. The maximum Gasteiger partial charge on any atom is 0.415 e. The highest BCUT2D eigenvalue weighted by molar-refractivity contribution is 5.96. The van der Waals surface area contributed by atoms with Gasteiger partial charge in [0.15, 0.2) is 0 Å². The molecule has 39 heavy (non-hydrogen) atoms. The van der Waals surface area contributed by atoms with Crippen molar-refractivity contribution in [1.29, 1.82) is 0 Å². The summed E-state index contributed by atoms with van der Waals surface area (Å²) in [6, 6.07) is 17.8. The minimum absolute atomic E-state index is 0.0684. The van der Waals surface area contributed by atoms with Gasteiger partial charge in [0.1, 0.15) is 5.60 Å². The molecule has 6 bridgehead atoms. The van der Waals surface area contributed by atoms with Crippen LogP contribution < -0.4 is 4.90 Å². The Labute approximate surface area is 228 Å². The smallest absolute Gasteiger partial charge is 0.415 e. The van der Waals surface area contributed by atoms with E-state index in [4.69, 9.17) is 19.0 Å². The van der Waals surface area contributed by atoms with E-state index in [0.29, 0.717) is 23.8 Å². The van der Waals surface area contributed by atoms with Crippen LogP contribution in [0.1, 0.15) is 43.0 Å². The number of carbonyl (C=O) groups excluding carboxylic acids is 1. The van der Waals surface area contributed by atoms with Gasteiger partial charge in [0, 0.05) is 24.8 Å². The number of aromatic nitrogens is 2. The fraction of sp³-hybridized carbons (Fsp3) is 0.323. The minimum Gasteiger partial charge on any atom is -0.443 e. The predicted molar refractivity (Wildman–Crippen MR) is 149 cm³/mol. The average Bonchev–Trinajstić information content (AvgIpc) is 3.37. The zero-order chi connectivity index (χ0) is 27.7. The Bertz CT molecular complexity index is 1500. The fourth-order valence-electron chi connectivity index (χ4n) is 5.19. The van der Waals surface area contributed by atoms with E-state index in [0.717, 1.165) is 44.5 Å². The number of aliphatic hydroxyl groups excluding tert-OH is 1. The highest BCUT2D eigenvalue weighted by Crippen LogP contribution is 2.44. The first-order valence-electron chi connectivity index (χ1n) is 13.0. The largest absolute Gasteiger partial charge is 0.443 e. The van der Waals surface area contributed by atoms with Crippen LogP contribution in [0.4, 0.5) is 10.5 Å². The second-order valence-electron chi connectivity index (χ2n) is 10.6. The Morgan fingerprint density at radius 3 is 2.56 bits per heavy atom. The van der Waals surface area contributed by atoms with E-state index >= 15 is 0 Å². The number of aliphatic hydroxyl groups is 1. The average molecular weight is 528 g/mol. The first kappa shape index (κ1) is 26.6. The predicted octanol–water partition coefficient (Wildman–Crippen LogP) is 6.32. The molecule has 0 spiro atoms. The topological polar surface area (TPSA) is 97.9 Å². The minimum atomic E-state index is -0.706. The van der Waals surface area contributed by atoms with E-state index in [9.17, 15) is 9.90 Å². The lowest BCUT2D eigenvalue weighted by atomic mass is 9.90. The summed E-state index contributed by atoms with van der Waals surface area (Å²) in [5.74, 6) is 0.778. The second kappa shape index (κ2) is 10.6. The van der Waals surface area contributed by atoms with Crippen LogP contribution in [0.15, 0.2) is 59.1 Å². The molecule has 1 aliphatic heterocycles. The summed E-state index contributed by atoms with van der Waals surface area (Å²) in [6.45, 7) is 7.93. The van der Waals surface area contributed by atoms with E-state index < -0.39 is 11.7 Å². The maximum absolute atomic E-state index is 13.9. The molecule has 0 saturated carbocycles. The van der Waals surface area contributed by atoms with E-state index in [2.05, 4.69) is 5.16 Å². The van der Waals surface area contributed by atoms with Crippen LogP contribution in [-0.4, -0.2) is 40.7 Å². The lowest BCUT2D eigenvalue weighted by molar-refractivity contribution is 0.0576. The number of anilines is 1. The van der Waals surface area contributed by atoms with Crippen molar-refractivity contribution in [1.82, 2.24) is 10.1 Å². The fourth-order valence-corrected chi connectivity index (χ4v) is 5.19. The highest BCUT2D eigenvalue weighted by atomic mass is 16.6. The van der Waals surface area contributed by atoms with Crippen molar-refractivity contribution in [2.45, 2.75) is 52.9 Å². The van der Waals surface area contributed by atoms with Crippen molar-refractivity contribution >= 4 is 11.8 Å². The number of fused-ring (bicyclic) bond motifs is 8. The first-order chi connectivity index (χ1) is 18.7.